The van der Waals surface area contributed by atoms with Crippen molar-refractivity contribution in [2.75, 3.05) is 0 Å². The third-order valence-corrected chi connectivity index (χ3v) is 6.17. The summed E-state index contributed by atoms with van der Waals surface area (Å²) in [5.41, 5.74) is -0.434. The summed E-state index contributed by atoms with van der Waals surface area (Å²) in [4.78, 5) is 36.6. The number of allylic oxidation sites excluding steroid dienone is 6. The molecule has 1 saturated carbocycles. The average Bonchev–Trinajstić information content (AvgIpc) is 2.57. The quantitative estimate of drug-likeness (QED) is 0.686. The number of Topliss-reactive ketones (excluding diaryl/α,β-unsaturated/α-hetero) is 1. The molecule has 3 rings (SSSR count). The van der Waals surface area contributed by atoms with Gasteiger partial charge in [-0.2, -0.15) is 10.5 Å². The van der Waals surface area contributed by atoms with Crippen molar-refractivity contribution in [3.63, 3.8) is 0 Å². The topological polar surface area (TPSA) is 98.8 Å². The van der Waals surface area contributed by atoms with E-state index in [0.717, 1.165) is 5.57 Å². The second-order valence-electron chi connectivity index (χ2n) is 7.71. The normalized spacial score (nSPS) is 33.3. The molecule has 3 unspecified atom stereocenters. The van der Waals surface area contributed by atoms with E-state index in [1.54, 1.807) is 6.08 Å². The number of nitrogens with zero attached hydrogens (tertiary/aromatic N) is 2. The summed E-state index contributed by atoms with van der Waals surface area (Å²) in [6, 6.07) is 3.83. The smallest absolute Gasteiger partial charge is 0.196 e. The van der Waals surface area contributed by atoms with Crippen molar-refractivity contribution in [2.24, 2.45) is 22.7 Å². The number of carbonyl (C=O) groups is 3. The van der Waals surface area contributed by atoms with E-state index in [4.69, 9.17) is 0 Å². The van der Waals surface area contributed by atoms with Gasteiger partial charge < -0.3 is 0 Å². The summed E-state index contributed by atoms with van der Waals surface area (Å²) in [6.07, 6.45) is 4.99. The van der Waals surface area contributed by atoms with Gasteiger partial charge in [-0.3, -0.25) is 14.4 Å². The van der Waals surface area contributed by atoms with E-state index >= 15 is 0 Å². The fraction of sp³-hybridized carbons (Fsp3) is 0.450. The first-order valence-electron chi connectivity index (χ1n) is 8.26. The fourth-order valence-electron chi connectivity index (χ4n) is 4.98. The molecule has 3 atom stereocenters. The Kier molecular flexibility index (Phi) is 3.65. The fourth-order valence-corrected chi connectivity index (χ4v) is 4.98. The Hall–Kier alpha value is -2.79. The first kappa shape index (κ1) is 17.0. The lowest BCUT2D eigenvalue weighted by Crippen LogP contribution is -2.51. The Morgan fingerprint density at radius 3 is 2.40 bits per heavy atom. The Balaban J connectivity index is 2.25. The lowest BCUT2D eigenvalue weighted by molar-refractivity contribution is -0.130. The van der Waals surface area contributed by atoms with Gasteiger partial charge in [0.2, 0.25) is 0 Å². The zero-order chi connectivity index (χ0) is 18.6. The first-order valence-corrected chi connectivity index (χ1v) is 8.26. The second kappa shape index (κ2) is 5.36. The molecule has 0 amide bonds. The highest BCUT2D eigenvalue weighted by atomic mass is 16.1. The van der Waals surface area contributed by atoms with Crippen LogP contribution in [0.5, 0.6) is 0 Å². The van der Waals surface area contributed by atoms with Crippen LogP contribution in [0.4, 0.5) is 0 Å². The van der Waals surface area contributed by atoms with Gasteiger partial charge in [0.15, 0.2) is 11.6 Å². The lowest BCUT2D eigenvalue weighted by Gasteiger charge is -2.54. The molecule has 0 aromatic heterocycles. The molecular weight excluding hydrogens is 316 g/mol. The molecule has 0 spiro atoms. The number of rotatable bonds is 1. The van der Waals surface area contributed by atoms with Gasteiger partial charge in [0, 0.05) is 22.3 Å². The summed E-state index contributed by atoms with van der Waals surface area (Å²) in [5, 5.41) is 18.6. The third kappa shape index (κ3) is 2.09. The molecule has 0 N–H and O–H groups in total. The van der Waals surface area contributed by atoms with Gasteiger partial charge in [0.25, 0.3) is 0 Å². The molecule has 25 heavy (non-hydrogen) atoms. The predicted octanol–water partition coefficient (Wildman–Crippen LogP) is 2.61. The summed E-state index contributed by atoms with van der Waals surface area (Å²) in [7, 11) is 0. The van der Waals surface area contributed by atoms with Crippen LogP contribution in [0.25, 0.3) is 0 Å². The van der Waals surface area contributed by atoms with Gasteiger partial charge in [-0.05, 0) is 30.4 Å². The van der Waals surface area contributed by atoms with Crippen molar-refractivity contribution in [3.05, 3.63) is 34.4 Å². The van der Waals surface area contributed by atoms with Gasteiger partial charge in [-0.25, -0.2) is 0 Å². The van der Waals surface area contributed by atoms with Crippen LogP contribution in [-0.2, 0) is 14.4 Å². The monoisotopic (exact) mass is 334 g/mol. The molecule has 3 aliphatic carbocycles. The highest BCUT2D eigenvalue weighted by Gasteiger charge is 2.56. The summed E-state index contributed by atoms with van der Waals surface area (Å²) < 4.78 is 0. The van der Waals surface area contributed by atoms with Crippen molar-refractivity contribution >= 4 is 17.9 Å². The Morgan fingerprint density at radius 1 is 1.16 bits per heavy atom. The number of ketones is 2. The second-order valence-corrected chi connectivity index (χ2v) is 7.71. The van der Waals surface area contributed by atoms with Crippen molar-refractivity contribution < 1.29 is 14.4 Å². The molecule has 5 nitrogen and oxygen atoms in total. The summed E-state index contributed by atoms with van der Waals surface area (Å²) >= 11 is 0. The zero-order valence-electron chi connectivity index (χ0n) is 14.4. The van der Waals surface area contributed by atoms with Crippen LogP contribution in [0.15, 0.2) is 34.4 Å². The number of fused-ring (bicyclic) bond motifs is 3. The Morgan fingerprint density at radius 2 is 1.84 bits per heavy atom. The first-order chi connectivity index (χ1) is 11.7. The minimum Gasteiger partial charge on any atom is -0.298 e. The van der Waals surface area contributed by atoms with Gasteiger partial charge in [0.05, 0.1) is 5.57 Å². The molecular formula is C20H18N2O3. The van der Waals surface area contributed by atoms with Crippen LogP contribution in [0.1, 0.15) is 33.6 Å². The van der Waals surface area contributed by atoms with Gasteiger partial charge >= 0.3 is 0 Å². The van der Waals surface area contributed by atoms with Crippen molar-refractivity contribution in [2.45, 2.75) is 33.6 Å². The maximum absolute atomic E-state index is 12.6. The summed E-state index contributed by atoms with van der Waals surface area (Å²) in [5.74, 6) is -1.04. The Labute approximate surface area is 146 Å². The molecule has 0 aromatic rings. The van der Waals surface area contributed by atoms with Crippen LogP contribution < -0.4 is 0 Å². The zero-order valence-corrected chi connectivity index (χ0v) is 14.4. The highest BCUT2D eigenvalue weighted by molar-refractivity contribution is 6.13. The molecule has 126 valence electrons. The molecule has 0 heterocycles. The molecule has 0 radical (unpaired) electrons. The molecule has 3 aliphatic rings. The molecule has 5 heteroatoms. The number of nitriles is 2. The molecule has 0 bridgehead atoms. The number of carbonyl (C=O) groups excluding carboxylic acids is 3. The van der Waals surface area contributed by atoms with E-state index in [9.17, 15) is 24.9 Å². The molecule has 0 saturated heterocycles. The predicted molar refractivity (Wildman–Crippen MR) is 88.6 cm³/mol. The van der Waals surface area contributed by atoms with E-state index in [2.05, 4.69) is 0 Å². The van der Waals surface area contributed by atoms with E-state index in [1.165, 1.54) is 6.08 Å². The van der Waals surface area contributed by atoms with E-state index < -0.39 is 16.6 Å². The largest absolute Gasteiger partial charge is 0.298 e. The van der Waals surface area contributed by atoms with E-state index in [-0.39, 0.29) is 34.3 Å². The number of hydrogen-bond donors (Lipinski definition) is 0. The average molecular weight is 334 g/mol. The summed E-state index contributed by atoms with van der Waals surface area (Å²) in [6.45, 7) is 5.60. The molecule has 1 fully saturated rings. The van der Waals surface area contributed by atoms with Gasteiger partial charge in [-0.1, -0.05) is 26.8 Å². The van der Waals surface area contributed by atoms with Crippen molar-refractivity contribution in [1.82, 2.24) is 0 Å². The van der Waals surface area contributed by atoms with Crippen LogP contribution in [-0.4, -0.2) is 17.9 Å². The maximum atomic E-state index is 12.6. The van der Waals surface area contributed by atoms with Crippen LogP contribution in [0.2, 0.25) is 0 Å². The van der Waals surface area contributed by atoms with Crippen LogP contribution >= 0.6 is 0 Å². The molecule has 0 aliphatic heterocycles. The highest BCUT2D eigenvalue weighted by Crippen LogP contribution is 2.60. The maximum Gasteiger partial charge on any atom is 0.196 e. The third-order valence-electron chi connectivity index (χ3n) is 6.17. The molecule has 0 aromatic carbocycles. The van der Waals surface area contributed by atoms with Gasteiger partial charge in [-0.15, -0.1) is 0 Å². The van der Waals surface area contributed by atoms with E-state index in [1.807, 2.05) is 32.9 Å². The van der Waals surface area contributed by atoms with Gasteiger partial charge in [0.1, 0.15) is 24.0 Å². The van der Waals surface area contributed by atoms with Crippen LogP contribution in [0.3, 0.4) is 0 Å². The Bertz CT molecular complexity index is 889. The standard InChI is InChI=1S/C20H18N2O3/c1-19(2)17-5-4-12-14(10-23)13(9-22)16(24)6-15(12)20(17,3)7-11(8-21)18(19)25/h6-7,10,12,17H,4-5H2,1-3H3. The minimum absolute atomic E-state index is 0.0727. The van der Waals surface area contributed by atoms with Crippen molar-refractivity contribution in [1.29, 1.82) is 10.5 Å². The van der Waals surface area contributed by atoms with E-state index in [0.29, 0.717) is 19.1 Å². The number of aldehydes is 1. The number of hydrogen-bond acceptors (Lipinski definition) is 5. The minimum atomic E-state index is -0.732. The van der Waals surface area contributed by atoms with Crippen molar-refractivity contribution in [3.8, 4) is 12.1 Å². The SMILES string of the molecule is CC1(C)C(=O)C(C#N)=CC2(C)C3=CC(=O)C(C#N)=C(C=O)C3CCC12. The van der Waals surface area contributed by atoms with Crippen LogP contribution in [0, 0.1) is 45.3 Å². The lowest BCUT2D eigenvalue weighted by atomic mass is 9.48.